The molecule has 3 nitrogen and oxygen atoms in total. The molecule has 0 heterocycles. The number of nitrogen functional groups attached to an aromatic ring is 1. The van der Waals surface area contributed by atoms with E-state index in [4.69, 9.17) is 5.73 Å². The normalized spacial score (nSPS) is 10.1. The van der Waals surface area contributed by atoms with E-state index < -0.39 is 0 Å². The van der Waals surface area contributed by atoms with Gasteiger partial charge in [0, 0.05) is 12.6 Å². The van der Waals surface area contributed by atoms with Crippen LogP contribution in [0.15, 0.2) is 42.5 Å². The summed E-state index contributed by atoms with van der Waals surface area (Å²) in [6.45, 7) is 3.42. The molecular formula is C15H15N2O. The molecule has 0 saturated carbocycles. The molecule has 0 fully saturated rings. The maximum Gasteiger partial charge on any atom is 0.243 e. The summed E-state index contributed by atoms with van der Waals surface area (Å²) in [5.74, 6) is -0.192. The Balaban J connectivity index is 2.28. The second-order valence-electron chi connectivity index (χ2n) is 4.25. The zero-order chi connectivity index (χ0) is 13.1. The van der Waals surface area contributed by atoms with Gasteiger partial charge in [0.25, 0.3) is 0 Å². The van der Waals surface area contributed by atoms with Crippen LogP contribution < -0.4 is 11.1 Å². The molecule has 0 saturated heterocycles. The second-order valence-corrected chi connectivity index (χ2v) is 4.25. The van der Waals surface area contributed by atoms with Crippen molar-refractivity contribution < 1.29 is 4.79 Å². The molecule has 2 aromatic rings. The highest BCUT2D eigenvalue weighted by atomic mass is 16.1. The van der Waals surface area contributed by atoms with Gasteiger partial charge >= 0.3 is 0 Å². The zero-order valence-electron chi connectivity index (χ0n) is 10.5. The topological polar surface area (TPSA) is 57.2 Å². The number of nitrogens with two attached hydrogens (primary N) is 1. The molecule has 2 aromatic carbocycles. The van der Waals surface area contributed by atoms with Gasteiger partial charge in [-0.25, -0.2) is 5.32 Å². The minimum atomic E-state index is -0.192. The molecule has 2 rings (SSSR count). The highest BCUT2D eigenvalue weighted by Gasteiger charge is 2.02. The zero-order valence-corrected chi connectivity index (χ0v) is 10.5. The lowest BCUT2D eigenvalue weighted by Crippen LogP contribution is -2.03. The van der Waals surface area contributed by atoms with Gasteiger partial charge in [-0.05, 0) is 41.8 Å². The van der Waals surface area contributed by atoms with Crippen LogP contribution in [0, 0.1) is 6.92 Å². The molecule has 0 aromatic heterocycles. The number of amides is 1. The lowest BCUT2D eigenvalue weighted by molar-refractivity contribution is -0.118. The van der Waals surface area contributed by atoms with Gasteiger partial charge in [-0.2, -0.15) is 0 Å². The first-order valence-corrected chi connectivity index (χ1v) is 5.75. The number of rotatable bonds is 2. The fourth-order valence-corrected chi connectivity index (χ4v) is 1.73. The van der Waals surface area contributed by atoms with E-state index in [-0.39, 0.29) is 5.91 Å². The van der Waals surface area contributed by atoms with Crippen LogP contribution in [-0.4, -0.2) is 5.91 Å². The van der Waals surface area contributed by atoms with E-state index >= 15 is 0 Å². The maximum absolute atomic E-state index is 10.9. The third kappa shape index (κ3) is 2.69. The minimum absolute atomic E-state index is 0.192. The van der Waals surface area contributed by atoms with Crippen molar-refractivity contribution >= 4 is 17.3 Å². The average Bonchev–Trinajstić information content (AvgIpc) is 2.33. The van der Waals surface area contributed by atoms with E-state index in [1.807, 2.05) is 49.4 Å². The molecule has 0 spiro atoms. The van der Waals surface area contributed by atoms with Crippen LogP contribution in [0.4, 0.5) is 11.4 Å². The summed E-state index contributed by atoms with van der Waals surface area (Å²) >= 11 is 0. The maximum atomic E-state index is 10.9. The second kappa shape index (κ2) is 4.92. The summed E-state index contributed by atoms with van der Waals surface area (Å²) in [7, 11) is 0. The van der Waals surface area contributed by atoms with Gasteiger partial charge in [0.2, 0.25) is 5.91 Å². The summed E-state index contributed by atoms with van der Waals surface area (Å²) in [6, 6.07) is 13.5. The van der Waals surface area contributed by atoms with Crippen molar-refractivity contribution in [1.29, 1.82) is 0 Å². The van der Waals surface area contributed by atoms with Crippen molar-refractivity contribution in [3.05, 3.63) is 48.0 Å². The van der Waals surface area contributed by atoms with Crippen LogP contribution in [0.5, 0.6) is 0 Å². The average molecular weight is 239 g/mol. The number of nitrogens with zero attached hydrogens (tertiary/aromatic N) is 1. The van der Waals surface area contributed by atoms with Gasteiger partial charge in [0.1, 0.15) is 0 Å². The monoisotopic (exact) mass is 239 g/mol. The van der Waals surface area contributed by atoms with E-state index in [2.05, 4.69) is 5.32 Å². The lowest BCUT2D eigenvalue weighted by Gasteiger charge is -2.06. The first-order valence-electron chi connectivity index (χ1n) is 5.75. The van der Waals surface area contributed by atoms with E-state index in [0.717, 1.165) is 22.4 Å². The lowest BCUT2D eigenvalue weighted by atomic mass is 10.0. The van der Waals surface area contributed by atoms with Crippen molar-refractivity contribution in [1.82, 2.24) is 5.32 Å². The van der Waals surface area contributed by atoms with Crippen LogP contribution >= 0.6 is 0 Å². The third-order valence-electron chi connectivity index (χ3n) is 2.77. The van der Waals surface area contributed by atoms with Gasteiger partial charge in [-0.3, -0.25) is 4.79 Å². The molecule has 18 heavy (non-hydrogen) atoms. The van der Waals surface area contributed by atoms with Crippen LogP contribution in [-0.2, 0) is 4.79 Å². The number of anilines is 1. The molecule has 2 N–H and O–H groups in total. The SMILES string of the molecule is CC(=O)[N]c1ccc(-c2ccc(C)c(N)c2)cc1. The Hall–Kier alpha value is -2.29. The predicted octanol–water partition coefficient (Wildman–Crippen LogP) is 3.03. The summed E-state index contributed by atoms with van der Waals surface area (Å²) in [5, 5.41) is 3.86. The predicted molar refractivity (Wildman–Crippen MR) is 73.5 cm³/mol. The van der Waals surface area contributed by atoms with E-state index in [1.165, 1.54) is 6.92 Å². The Morgan fingerprint density at radius 2 is 1.67 bits per heavy atom. The first-order chi connectivity index (χ1) is 8.56. The highest BCUT2D eigenvalue weighted by Crippen LogP contribution is 2.24. The van der Waals surface area contributed by atoms with Gasteiger partial charge < -0.3 is 5.73 Å². The summed E-state index contributed by atoms with van der Waals surface area (Å²) in [6.07, 6.45) is 0. The van der Waals surface area contributed by atoms with Crippen LogP contribution in [0.3, 0.4) is 0 Å². The molecule has 0 aliphatic carbocycles. The molecule has 1 radical (unpaired) electrons. The standard InChI is InChI=1S/C15H15N2O/c1-10-3-4-13(9-15(10)16)12-5-7-14(8-6-12)17-11(2)18/h3-9H,16H2,1-2H3. The number of benzene rings is 2. The molecule has 0 unspecified atom stereocenters. The first kappa shape index (κ1) is 12.2. The van der Waals surface area contributed by atoms with Gasteiger partial charge in [0.15, 0.2) is 0 Å². The third-order valence-corrected chi connectivity index (χ3v) is 2.77. The Kier molecular flexibility index (Phi) is 3.33. The Labute approximate surface area is 107 Å². The fourth-order valence-electron chi connectivity index (χ4n) is 1.73. The van der Waals surface area contributed by atoms with Crippen molar-refractivity contribution in [2.24, 2.45) is 0 Å². The number of hydrogen-bond donors (Lipinski definition) is 1. The Morgan fingerprint density at radius 3 is 2.22 bits per heavy atom. The summed E-state index contributed by atoms with van der Waals surface area (Å²) in [4.78, 5) is 10.9. The van der Waals surface area contributed by atoms with E-state index in [1.54, 1.807) is 0 Å². The van der Waals surface area contributed by atoms with Crippen LogP contribution in [0.25, 0.3) is 11.1 Å². The van der Waals surface area contributed by atoms with Crippen molar-refractivity contribution in [3.63, 3.8) is 0 Å². The van der Waals surface area contributed by atoms with Crippen molar-refractivity contribution in [2.75, 3.05) is 5.73 Å². The Bertz CT molecular complexity index is 574. The summed E-state index contributed by atoms with van der Waals surface area (Å²) < 4.78 is 0. The van der Waals surface area contributed by atoms with Gasteiger partial charge in [-0.1, -0.05) is 24.3 Å². The molecule has 0 aliphatic heterocycles. The van der Waals surface area contributed by atoms with E-state index in [9.17, 15) is 4.79 Å². The molecule has 1 amide bonds. The minimum Gasteiger partial charge on any atom is -0.398 e. The van der Waals surface area contributed by atoms with Crippen molar-refractivity contribution in [3.8, 4) is 11.1 Å². The number of aryl methyl sites for hydroxylation is 1. The van der Waals surface area contributed by atoms with Crippen molar-refractivity contribution in [2.45, 2.75) is 13.8 Å². The molecule has 0 bridgehead atoms. The molecule has 0 aliphatic rings. The van der Waals surface area contributed by atoms with Gasteiger partial charge in [-0.15, -0.1) is 0 Å². The number of carbonyl (C=O) groups excluding carboxylic acids is 1. The molecule has 91 valence electrons. The molecule has 0 atom stereocenters. The quantitative estimate of drug-likeness (QED) is 0.819. The van der Waals surface area contributed by atoms with E-state index in [0.29, 0.717) is 5.69 Å². The molecule has 3 heteroatoms. The fraction of sp³-hybridized carbons (Fsp3) is 0.133. The molecular weight excluding hydrogens is 224 g/mol. The highest BCUT2D eigenvalue weighted by molar-refractivity contribution is 5.79. The van der Waals surface area contributed by atoms with Gasteiger partial charge in [0.05, 0.1) is 5.69 Å². The largest absolute Gasteiger partial charge is 0.398 e. The Morgan fingerprint density at radius 1 is 1.06 bits per heavy atom. The summed E-state index contributed by atoms with van der Waals surface area (Å²) in [5.41, 5.74) is 10.5. The smallest absolute Gasteiger partial charge is 0.243 e. The number of carbonyl (C=O) groups is 1. The van der Waals surface area contributed by atoms with Crippen LogP contribution in [0.2, 0.25) is 0 Å². The van der Waals surface area contributed by atoms with Crippen LogP contribution in [0.1, 0.15) is 12.5 Å². The number of hydrogen-bond acceptors (Lipinski definition) is 2.